The number of anilines is 2. The minimum Gasteiger partial charge on any atom is -0.369 e. The summed E-state index contributed by atoms with van der Waals surface area (Å²) >= 11 is 0. The number of nitrogens with zero attached hydrogens (tertiary/aromatic N) is 5. The van der Waals surface area contributed by atoms with Gasteiger partial charge in [-0.2, -0.15) is 0 Å². The number of aryl methyl sites for hydroxylation is 2. The lowest BCUT2D eigenvalue weighted by Crippen LogP contribution is -2.38. The number of pyridine rings is 2. The number of morpholine rings is 1. The zero-order valence-electron chi connectivity index (χ0n) is 18.5. The number of hydrogen-bond acceptors (Lipinski definition) is 6. The summed E-state index contributed by atoms with van der Waals surface area (Å²) < 4.78 is 8.36. The molecule has 0 saturated carbocycles. The second-order valence-electron chi connectivity index (χ2n) is 8.12. The first-order chi connectivity index (χ1) is 15.7. The third kappa shape index (κ3) is 4.22. The van der Waals surface area contributed by atoms with E-state index in [1.807, 2.05) is 43.5 Å². The average Bonchev–Trinajstić information content (AvgIpc) is 3.18. The van der Waals surface area contributed by atoms with Crippen LogP contribution in [0.3, 0.4) is 0 Å². The van der Waals surface area contributed by atoms with Crippen molar-refractivity contribution in [3.63, 3.8) is 0 Å². The number of ether oxygens (including phenoxy) is 1. The number of imidazole rings is 1. The van der Waals surface area contributed by atoms with Crippen molar-refractivity contribution in [3.8, 4) is 0 Å². The van der Waals surface area contributed by atoms with E-state index in [-0.39, 0.29) is 6.10 Å². The molecule has 7 nitrogen and oxygen atoms in total. The third-order valence-corrected chi connectivity index (χ3v) is 5.95. The van der Waals surface area contributed by atoms with Gasteiger partial charge in [0.2, 0.25) is 0 Å². The number of benzene rings is 1. The summed E-state index contributed by atoms with van der Waals surface area (Å²) in [5.41, 5.74) is 5.22. The zero-order chi connectivity index (χ0) is 21.9. The van der Waals surface area contributed by atoms with Crippen molar-refractivity contribution in [3.05, 3.63) is 78.0 Å². The maximum atomic E-state index is 6.06. The van der Waals surface area contributed by atoms with Crippen LogP contribution in [0.25, 0.3) is 11.0 Å². The third-order valence-electron chi connectivity index (χ3n) is 5.95. The second kappa shape index (κ2) is 9.06. The van der Waals surface area contributed by atoms with E-state index in [0.717, 1.165) is 60.3 Å². The van der Waals surface area contributed by atoms with Crippen molar-refractivity contribution in [2.24, 2.45) is 0 Å². The van der Waals surface area contributed by atoms with E-state index in [4.69, 9.17) is 9.72 Å². The van der Waals surface area contributed by atoms with Gasteiger partial charge >= 0.3 is 0 Å². The Balaban J connectivity index is 1.28. The standard InChI is InChI=1S/C25H28N6O/c1-3-31-22-9-5-4-8-20(22)29-24(31)17-30-13-14-32-23(16-30)21-11-10-19(15-27-21)28-25-18(2)7-6-12-26-25/h4-12,15,23H,3,13-14,16-17H2,1-2H3,(H,26,28)/t23-/m0/s1. The predicted octanol–water partition coefficient (Wildman–Crippen LogP) is 4.47. The van der Waals surface area contributed by atoms with Gasteiger partial charge in [-0.05, 0) is 49.7 Å². The highest BCUT2D eigenvalue weighted by Crippen LogP contribution is 2.25. The highest BCUT2D eigenvalue weighted by atomic mass is 16.5. The summed E-state index contributed by atoms with van der Waals surface area (Å²) in [6, 6.07) is 16.4. The molecule has 4 aromatic rings. The quantitative estimate of drug-likeness (QED) is 0.489. The Hall–Kier alpha value is -3.29. The molecule has 0 unspecified atom stereocenters. The van der Waals surface area contributed by atoms with Gasteiger partial charge in [-0.1, -0.05) is 18.2 Å². The van der Waals surface area contributed by atoms with Gasteiger partial charge < -0.3 is 14.6 Å². The first kappa shape index (κ1) is 20.6. The van der Waals surface area contributed by atoms with Crippen LogP contribution in [0.2, 0.25) is 0 Å². The number of fused-ring (bicyclic) bond motifs is 1. The van der Waals surface area contributed by atoms with E-state index >= 15 is 0 Å². The minimum absolute atomic E-state index is 0.0474. The molecule has 4 heterocycles. The van der Waals surface area contributed by atoms with Crippen molar-refractivity contribution >= 4 is 22.5 Å². The number of nitrogens with one attached hydrogen (secondary N) is 1. The van der Waals surface area contributed by atoms with E-state index in [1.54, 1.807) is 6.20 Å². The van der Waals surface area contributed by atoms with Crippen LogP contribution >= 0.6 is 0 Å². The molecule has 1 aliphatic heterocycles. The summed E-state index contributed by atoms with van der Waals surface area (Å²) in [4.78, 5) is 16.4. The van der Waals surface area contributed by atoms with Gasteiger partial charge in [0.25, 0.3) is 0 Å². The summed E-state index contributed by atoms with van der Waals surface area (Å²) in [7, 11) is 0. The highest BCUT2D eigenvalue weighted by Gasteiger charge is 2.24. The summed E-state index contributed by atoms with van der Waals surface area (Å²) in [6.07, 6.45) is 3.59. The molecule has 1 atom stereocenters. The molecule has 1 aliphatic rings. The Labute approximate surface area is 188 Å². The first-order valence-electron chi connectivity index (χ1n) is 11.1. The maximum Gasteiger partial charge on any atom is 0.133 e. The molecule has 0 spiro atoms. The van der Waals surface area contributed by atoms with Gasteiger partial charge in [0, 0.05) is 25.8 Å². The monoisotopic (exact) mass is 428 g/mol. The molecular formula is C25H28N6O. The topological polar surface area (TPSA) is 68.1 Å². The molecular weight excluding hydrogens is 400 g/mol. The Kier molecular flexibility index (Phi) is 5.83. The molecule has 1 N–H and O–H groups in total. The molecule has 32 heavy (non-hydrogen) atoms. The van der Waals surface area contributed by atoms with Crippen molar-refractivity contribution in [1.29, 1.82) is 0 Å². The predicted molar refractivity (Wildman–Crippen MR) is 126 cm³/mol. The minimum atomic E-state index is -0.0474. The number of aromatic nitrogens is 4. The first-order valence-corrected chi connectivity index (χ1v) is 11.1. The molecule has 5 rings (SSSR count). The smallest absolute Gasteiger partial charge is 0.133 e. The lowest BCUT2D eigenvalue weighted by molar-refractivity contribution is -0.0359. The van der Waals surface area contributed by atoms with Crippen LogP contribution in [0, 0.1) is 6.92 Å². The van der Waals surface area contributed by atoms with E-state index in [2.05, 4.69) is 49.9 Å². The molecule has 0 bridgehead atoms. The van der Waals surface area contributed by atoms with E-state index in [0.29, 0.717) is 6.61 Å². The van der Waals surface area contributed by atoms with Crippen molar-refractivity contribution in [2.75, 3.05) is 25.0 Å². The van der Waals surface area contributed by atoms with Gasteiger partial charge in [0.05, 0.1) is 41.8 Å². The zero-order valence-corrected chi connectivity index (χ0v) is 18.5. The Morgan fingerprint density at radius 1 is 1.09 bits per heavy atom. The Morgan fingerprint density at radius 2 is 2.00 bits per heavy atom. The fourth-order valence-electron chi connectivity index (χ4n) is 4.25. The van der Waals surface area contributed by atoms with Crippen molar-refractivity contribution in [1.82, 2.24) is 24.4 Å². The van der Waals surface area contributed by atoms with E-state index in [1.165, 1.54) is 5.52 Å². The fraction of sp³-hybridized carbons (Fsp3) is 0.320. The fourth-order valence-corrected chi connectivity index (χ4v) is 4.25. The van der Waals surface area contributed by atoms with Crippen LogP contribution in [0.4, 0.5) is 11.5 Å². The van der Waals surface area contributed by atoms with Gasteiger partial charge in [-0.3, -0.25) is 9.88 Å². The molecule has 3 aromatic heterocycles. The summed E-state index contributed by atoms with van der Waals surface area (Å²) in [5, 5.41) is 3.33. The second-order valence-corrected chi connectivity index (χ2v) is 8.12. The molecule has 1 saturated heterocycles. The summed E-state index contributed by atoms with van der Waals surface area (Å²) in [6.45, 7) is 8.30. The molecule has 1 aromatic carbocycles. The Morgan fingerprint density at radius 3 is 2.81 bits per heavy atom. The molecule has 1 fully saturated rings. The number of para-hydroxylation sites is 2. The Bertz CT molecular complexity index is 1200. The van der Waals surface area contributed by atoms with Gasteiger partial charge in [-0.25, -0.2) is 9.97 Å². The van der Waals surface area contributed by atoms with E-state index < -0.39 is 0 Å². The highest BCUT2D eigenvalue weighted by molar-refractivity contribution is 5.75. The lowest BCUT2D eigenvalue weighted by atomic mass is 10.2. The van der Waals surface area contributed by atoms with Gasteiger partial charge in [-0.15, -0.1) is 0 Å². The lowest BCUT2D eigenvalue weighted by Gasteiger charge is -2.32. The number of hydrogen-bond donors (Lipinski definition) is 1. The molecule has 164 valence electrons. The molecule has 0 amide bonds. The molecule has 0 aliphatic carbocycles. The normalized spacial score (nSPS) is 17.0. The van der Waals surface area contributed by atoms with E-state index in [9.17, 15) is 0 Å². The van der Waals surface area contributed by atoms with Crippen molar-refractivity contribution in [2.45, 2.75) is 33.0 Å². The van der Waals surface area contributed by atoms with Crippen LogP contribution in [0.15, 0.2) is 60.9 Å². The van der Waals surface area contributed by atoms with Crippen LogP contribution < -0.4 is 5.32 Å². The van der Waals surface area contributed by atoms with Crippen LogP contribution in [-0.2, 0) is 17.8 Å². The number of rotatable bonds is 6. The van der Waals surface area contributed by atoms with Crippen LogP contribution in [0.1, 0.15) is 30.1 Å². The van der Waals surface area contributed by atoms with Crippen LogP contribution in [-0.4, -0.2) is 44.1 Å². The molecule has 7 heteroatoms. The average molecular weight is 429 g/mol. The van der Waals surface area contributed by atoms with Crippen LogP contribution in [0.5, 0.6) is 0 Å². The summed E-state index contributed by atoms with van der Waals surface area (Å²) in [5.74, 6) is 1.95. The van der Waals surface area contributed by atoms with Gasteiger partial charge in [0.15, 0.2) is 0 Å². The molecule has 0 radical (unpaired) electrons. The van der Waals surface area contributed by atoms with Gasteiger partial charge in [0.1, 0.15) is 17.7 Å². The SMILES string of the molecule is CCn1c(CN2CCO[C@H](c3ccc(Nc4ncccc4C)cn3)C2)nc2ccccc21. The van der Waals surface area contributed by atoms with Crippen molar-refractivity contribution < 1.29 is 4.74 Å². The maximum absolute atomic E-state index is 6.06. The largest absolute Gasteiger partial charge is 0.369 e.